The van der Waals surface area contributed by atoms with Gasteiger partial charge in [0.2, 0.25) is 11.8 Å². The average Bonchev–Trinajstić information content (AvgIpc) is 2.58. The summed E-state index contributed by atoms with van der Waals surface area (Å²) in [6, 6.07) is 10.3. The third-order valence-electron chi connectivity index (χ3n) is 4.79. The van der Waals surface area contributed by atoms with Crippen LogP contribution in [0.3, 0.4) is 0 Å². The number of piperidine rings is 1. The number of nitrogens with zero attached hydrogens (tertiary/aromatic N) is 2. The predicted molar refractivity (Wildman–Crippen MR) is 96.6 cm³/mol. The molecule has 1 aromatic carbocycles. The van der Waals surface area contributed by atoms with Crippen molar-refractivity contribution in [1.82, 2.24) is 9.80 Å². The summed E-state index contributed by atoms with van der Waals surface area (Å²) in [5.74, 6) is 0.844. The second-order valence-electron chi connectivity index (χ2n) is 6.93. The summed E-state index contributed by atoms with van der Waals surface area (Å²) < 4.78 is 0. The second-order valence-corrected chi connectivity index (χ2v) is 6.93. The second kappa shape index (κ2) is 9.45. The van der Waals surface area contributed by atoms with Crippen molar-refractivity contribution in [1.29, 1.82) is 0 Å². The van der Waals surface area contributed by atoms with Crippen LogP contribution in [-0.4, -0.2) is 47.8 Å². The largest absolute Gasteiger partial charge is 0.342 e. The Hall–Kier alpha value is -1.84. The monoisotopic (exact) mass is 330 g/mol. The quantitative estimate of drug-likeness (QED) is 0.771. The number of carbonyl (C=O) groups is 2. The van der Waals surface area contributed by atoms with Gasteiger partial charge in [-0.25, -0.2) is 0 Å². The molecular weight excluding hydrogens is 300 g/mol. The van der Waals surface area contributed by atoms with Gasteiger partial charge in [0.05, 0.1) is 0 Å². The molecule has 4 heteroatoms. The molecule has 0 spiro atoms. The molecule has 0 aliphatic carbocycles. The fraction of sp³-hybridized carbons (Fsp3) is 0.600. The Labute approximate surface area is 145 Å². The Kier molecular flexibility index (Phi) is 7.29. The lowest BCUT2D eigenvalue weighted by Crippen LogP contribution is -2.41. The molecule has 1 saturated heterocycles. The number of amides is 2. The molecule has 0 bridgehead atoms. The molecule has 132 valence electrons. The average molecular weight is 330 g/mol. The summed E-state index contributed by atoms with van der Waals surface area (Å²) >= 11 is 0. The Balaban J connectivity index is 1.74. The summed E-state index contributed by atoms with van der Waals surface area (Å²) in [5.41, 5.74) is 1.29. The number of hydrogen-bond acceptors (Lipinski definition) is 2. The van der Waals surface area contributed by atoms with Crippen molar-refractivity contribution in [2.45, 2.75) is 46.0 Å². The molecule has 1 heterocycles. The first-order valence-electron chi connectivity index (χ1n) is 9.13. The maximum absolute atomic E-state index is 12.4. The van der Waals surface area contributed by atoms with E-state index >= 15 is 0 Å². The molecule has 1 aromatic rings. The molecule has 0 aromatic heterocycles. The predicted octanol–water partition coefficient (Wildman–Crippen LogP) is 3.12. The number of aryl methyl sites for hydroxylation is 1. The molecule has 2 amide bonds. The van der Waals surface area contributed by atoms with E-state index in [9.17, 15) is 9.59 Å². The van der Waals surface area contributed by atoms with Crippen LogP contribution < -0.4 is 0 Å². The summed E-state index contributed by atoms with van der Waals surface area (Å²) in [6.45, 7) is 6.78. The number of hydrogen-bond donors (Lipinski definition) is 0. The number of likely N-dealkylation sites (tertiary alicyclic amines) is 1. The van der Waals surface area contributed by atoms with Gasteiger partial charge in [-0.1, -0.05) is 37.3 Å². The van der Waals surface area contributed by atoms with Gasteiger partial charge in [-0.15, -0.1) is 0 Å². The van der Waals surface area contributed by atoms with Crippen LogP contribution in [0, 0.1) is 5.92 Å². The van der Waals surface area contributed by atoms with E-state index in [-0.39, 0.29) is 11.8 Å². The first-order chi connectivity index (χ1) is 11.6. The van der Waals surface area contributed by atoms with Gasteiger partial charge in [0.1, 0.15) is 0 Å². The summed E-state index contributed by atoms with van der Waals surface area (Å²) in [4.78, 5) is 28.0. The van der Waals surface area contributed by atoms with Crippen LogP contribution in [0.5, 0.6) is 0 Å². The molecule has 2 rings (SSSR count). The van der Waals surface area contributed by atoms with Gasteiger partial charge in [-0.2, -0.15) is 0 Å². The SMILES string of the molecule is CC(=O)N(CCCc1ccccc1)CCC(=O)N1CCCC(C)C1. The Morgan fingerprint density at radius 3 is 2.62 bits per heavy atom. The fourth-order valence-corrected chi connectivity index (χ4v) is 3.35. The summed E-state index contributed by atoms with van der Waals surface area (Å²) in [6.07, 6.45) is 4.64. The molecule has 1 unspecified atom stereocenters. The van der Waals surface area contributed by atoms with E-state index < -0.39 is 0 Å². The minimum absolute atomic E-state index is 0.0582. The van der Waals surface area contributed by atoms with Gasteiger partial charge in [0, 0.05) is 39.5 Å². The Bertz CT molecular complexity index is 530. The van der Waals surface area contributed by atoms with Crippen molar-refractivity contribution in [3.63, 3.8) is 0 Å². The Morgan fingerprint density at radius 1 is 1.21 bits per heavy atom. The zero-order valence-corrected chi connectivity index (χ0v) is 15.0. The first kappa shape index (κ1) is 18.5. The van der Waals surface area contributed by atoms with Crippen LogP contribution in [0.2, 0.25) is 0 Å². The summed E-state index contributed by atoms with van der Waals surface area (Å²) in [5, 5.41) is 0. The van der Waals surface area contributed by atoms with Crippen LogP contribution in [0.25, 0.3) is 0 Å². The molecule has 0 saturated carbocycles. The van der Waals surface area contributed by atoms with Crippen LogP contribution in [0.15, 0.2) is 30.3 Å². The molecule has 0 radical (unpaired) electrons. The van der Waals surface area contributed by atoms with Crippen LogP contribution in [0.1, 0.15) is 45.1 Å². The maximum atomic E-state index is 12.4. The molecule has 0 N–H and O–H groups in total. The highest BCUT2D eigenvalue weighted by Crippen LogP contribution is 2.16. The third kappa shape index (κ3) is 5.99. The molecule has 24 heavy (non-hydrogen) atoms. The fourth-order valence-electron chi connectivity index (χ4n) is 3.35. The van der Waals surface area contributed by atoms with Crippen LogP contribution in [0.4, 0.5) is 0 Å². The minimum atomic E-state index is 0.0582. The van der Waals surface area contributed by atoms with Gasteiger partial charge in [0.15, 0.2) is 0 Å². The summed E-state index contributed by atoms with van der Waals surface area (Å²) in [7, 11) is 0. The molecule has 1 aliphatic rings. The van der Waals surface area contributed by atoms with Crippen LogP contribution in [-0.2, 0) is 16.0 Å². The normalized spacial score (nSPS) is 17.6. The van der Waals surface area contributed by atoms with E-state index in [2.05, 4.69) is 19.1 Å². The van der Waals surface area contributed by atoms with Crippen molar-refractivity contribution in [3.05, 3.63) is 35.9 Å². The Morgan fingerprint density at radius 2 is 1.96 bits per heavy atom. The standard InChI is InChI=1S/C20H30N2O2/c1-17-8-6-14-22(16-17)20(24)12-15-21(18(2)23)13-7-11-19-9-4-3-5-10-19/h3-5,9-10,17H,6-8,11-16H2,1-2H3. The number of benzene rings is 1. The van der Waals surface area contributed by atoms with Gasteiger partial charge in [0.25, 0.3) is 0 Å². The van der Waals surface area contributed by atoms with E-state index in [1.807, 2.05) is 28.0 Å². The minimum Gasteiger partial charge on any atom is -0.342 e. The van der Waals surface area contributed by atoms with Crippen molar-refractivity contribution in [3.8, 4) is 0 Å². The molecule has 1 fully saturated rings. The van der Waals surface area contributed by atoms with E-state index in [1.165, 1.54) is 12.0 Å². The number of rotatable bonds is 7. The lowest BCUT2D eigenvalue weighted by molar-refractivity contribution is -0.134. The number of carbonyl (C=O) groups excluding carboxylic acids is 2. The van der Waals surface area contributed by atoms with Crippen molar-refractivity contribution in [2.75, 3.05) is 26.2 Å². The smallest absolute Gasteiger partial charge is 0.224 e. The van der Waals surface area contributed by atoms with Gasteiger partial charge >= 0.3 is 0 Å². The first-order valence-corrected chi connectivity index (χ1v) is 9.13. The topological polar surface area (TPSA) is 40.6 Å². The molecular formula is C20H30N2O2. The molecule has 4 nitrogen and oxygen atoms in total. The molecule has 1 atom stereocenters. The highest BCUT2D eigenvalue weighted by atomic mass is 16.2. The van der Waals surface area contributed by atoms with E-state index in [0.717, 1.165) is 32.4 Å². The lowest BCUT2D eigenvalue weighted by Gasteiger charge is -2.31. The lowest BCUT2D eigenvalue weighted by atomic mass is 10.00. The van der Waals surface area contributed by atoms with Crippen molar-refractivity contribution >= 4 is 11.8 Å². The van der Waals surface area contributed by atoms with Gasteiger partial charge in [-0.05, 0) is 37.2 Å². The van der Waals surface area contributed by atoms with E-state index in [1.54, 1.807) is 6.92 Å². The maximum Gasteiger partial charge on any atom is 0.224 e. The van der Waals surface area contributed by atoms with Gasteiger partial charge < -0.3 is 9.80 Å². The van der Waals surface area contributed by atoms with E-state index in [4.69, 9.17) is 0 Å². The van der Waals surface area contributed by atoms with Crippen molar-refractivity contribution < 1.29 is 9.59 Å². The van der Waals surface area contributed by atoms with Crippen LogP contribution >= 0.6 is 0 Å². The zero-order valence-electron chi connectivity index (χ0n) is 15.0. The zero-order chi connectivity index (χ0) is 17.4. The van der Waals surface area contributed by atoms with Crippen molar-refractivity contribution in [2.24, 2.45) is 5.92 Å². The van der Waals surface area contributed by atoms with Gasteiger partial charge in [-0.3, -0.25) is 9.59 Å². The van der Waals surface area contributed by atoms with E-state index in [0.29, 0.717) is 25.4 Å². The highest BCUT2D eigenvalue weighted by molar-refractivity contribution is 5.78. The molecule has 1 aliphatic heterocycles. The highest BCUT2D eigenvalue weighted by Gasteiger charge is 2.21. The third-order valence-corrected chi connectivity index (χ3v) is 4.79.